The molecule has 172 valence electrons. The monoisotopic (exact) mass is 438 g/mol. The Morgan fingerprint density at radius 2 is 1.69 bits per heavy atom. The van der Waals surface area contributed by atoms with Crippen LogP contribution >= 0.6 is 0 Å². The highest BCUT2D eigenvalue weighted by Gasteiger charge is 2.21. The number of benzene rings is 2. The van der Waals surface area contributed by atoms with Crippen LogP contribution < -0.4 is 4.74 Å². The summed E-state index contributed by atoms with van der Waals surface area (Å²) >= 11 is 0. The molecule has 2 aromatic rings. The van der Waals surface area contributed by atoms with Crippen molar-refractivity contribution in [3.63, 3.8) is 0 Å². The number of ether oxygens (including phenoxy) is 1. The van der Waals surface area contributed by atoms with Crippen molar-refractivity contribution in [2.75, 3.05) is 6.61 Å². The highest BCUT2D eigenvalue weighted by atomic mass is 19.2. The first-order valence-corrected chi connectivity index (χ1v) is 12.1. The minimum Gasteiger partial charge on any atom is -0.490 e. The standard InChI is InChI=1S/C29H36F2O/c1-3-5-21-32-27-20-19-26(28(30)29(27)31)10-7-6-9-23-13-17-25(18-14-23)24-15-11-22(8-4-2)12-16-24/h3,6,9,11-12,15-16,19-20,23,25H,1,4-5,7-8,10,13-14,17-18,21H2,2H3/b9-6+. The lowest BCUT2D eigenvalue weighted by atomic mass is 9.78. The van der Waals surface area contributed by atoms with Crippen molar-refractivity contribution in [1.29, 1.82) is 0 Å². The first kappa shape index (κ1) is 24.2. The van der Waals surface area contributed by atoms with Crippen LogP contribution in [0.5, 0.6) is 5.75 Å². The van der Waals surface area contributed by atoms with E-state index < -0.39 is 11.6 Å². The first-order chi connectivity index (χ1) is 15.6. The summed E-state index contributed by atoms with van der Waals surface area (Å²) in [6.07, 6.45) is 15.1. The van der Waals surface area contributed by atoms with Gasteiger partial charge in [0, 0.05) is 0 Å². The summed E-state index contributed by atoms with van der Waals surface area (Å²) in [5, 5.41) is 0. The van der Waals surface area contributed by atoms with Gasteiger partial charge in [0.15, 0.2) is 11.6 Å². The van der Waals surface area contributed by atoms with Crippen LogP contribution in [0, 0.1) is 17.6 Å². The molecule has 0 radical (unpaired) electrons. The predicted octanol–water partition coefficient (Wildman–Crippen LogP) is 8.34. The van der Waals surface area contributed by atoms with Gasteiger partial charge >= 0.3 is 0 Å². The molecule has 0 saturated heterocycles. The molecular formula is C29H36F2O. The molecule has 32 heavy (non-hydrogen) atoms. The van der Waals surface area contributed by atoms with E-state index in [2.05, 4.69) is 49.9 Å². The van der Waals surface area contributed by atoms with E-state index >= 15 is 0 Å². The van der Waals surface area contributed by atoms with Gasteiger partial charge in [0.1, 0.15) is 0 Å². The molecule has 1 saturated carbocycles. The molecule has 0 aromatic heterocycles. The third kappa shape index (κ3) is 6.79. The Balaban J connectivity index is 1.43. The van der Waals surface area contributed by atoms with Crippen LogP contribution in [0.15, 0.2) is 61.2 Å². The second-order valence-electron chi connectivity index (χ2n) is 8.85. The maximum atomic E-state index is 14.3. The molecule has 1 aliphatic rings. The number of halogens is 2. The quantitative estimate of drug-likeness (QED) is 0.253. The zero-order chi connectivity index (χ0) is 22.8. The third-order valence-corrected chi connectivity index (χ3v) is 6.46. The molecular weight excluding hydrogens is 402 g/mol. The molecule has 0 spiro atoms. The minimum absolute atomic E-state index is 0.0274. The molecule has 0 amide bonds. The third-order valence-electron chi connectivity index (χ3n) is 6.46. The molecule has 0 bridgehead atoms. The Kier molecular flexibility index (Phi) is 9.52. The summed E-state index contributed by atoms with van der Waals surface area (Å²) in [6.45, 7) is 6.11. The molecule has 0 N–H and O–H groups in total. The smallest absolute Gasteiger partial charge is 0.200 e. The Bertz CT molecular complexity index is 877. The summed E-state index contributed by atoms with van der Waals surface area (Å²) in [7, 11) is 0. The first-order valence-electron chi connectivity index (χ1n) is 12.1. The lowest BCUT2D eigenvalue weighted by Crippen LogP contribution is -2.11. The van der Waals surface area contributed by atoms with Crippen molar-refractivity contribution in [1.82, 2.24) is 0 Å². The summed E-state index contributed by atoms with van der Waals surface area (Å²) in [4.78, 5) is 0. The Morgan fingerprint density at radius 3 is 2.38 bits per heavy atom. The van der Waals surface area contributed by atoms with Crippen LogP contribution in [0.3, 0.4) is 0 Å². The van der Waals surface area contributed by atoms with Gasteiger partial charge < -0.3 is 4.74 Å². The summed E-state index contributed by atoms with van der Waals surface area (Å²) < 4.78 is 33.8. The number of rotatable bonds is 11. The topological polar surface area (TPSA) is 9.23 Å². The zero-order valence-electron chi connectivity index (χ0n) is 19.3. The van der Waals surface area contributed by atoms with Gasteiger partial charge in [-0.2, -0.15) is 4.39 Å². The van der Waals surface area contributed by atoms with Crippen LogP contribution in [0.25, 0.3) is 0 Å². The van der Waals surface area contributed by atoms with Crippen molar-refractivity contribution in [2.24, 2.45) is 5.92 Å². The van der Waals surface area contributed by atoms with Crippen LogP contribution in [-0.2, 0) is 12.8 Å². The van der Waals surface area contributed by atoms with E-state index in [1.165, 1.54) is 49.3 Å². The van der Waals surface area contributed by atoms with Crippen molar-refractivity contribution in [2.45, 2.75) is 70.6 Å². The largest absolute Gasteiger partial charge is 0.490 e. The summed E-state index contributed by atoms with van der Waals surface area (Å²) in [5.41, 5.74) is 3.30. The molecule has 1 fully saturated rings. The molecule has 0 heterocycles. The molecule has 3 heteroatoms. The highest BCUT2D eigenvalue weighted by molar-refractivity contribution is 5.31. The van der Waals surface area contributed by atoms with Crippen LogP contribution in [-0.4, -0.2) is 6.61 Å². The van der Waals surface area contributed by atoms with E-state index in [9.17, 15) is 8.78 Å². The van der Waals surface area contributed by atoms with Crippen LogP contribution in [0.1, 0.15) is 74.5 Å². The summed E-state index contributed by atoms with van der Waals surface area (Å²) in [5.74, 6) is -0.454. The molecule has 0 atom stereocenters. The van der Waals surface area contributed by atoms with Crippen LogP contribution in [0.2, 0.25) is 0 Å². The van der Waals surface area contributed by atoms with Gasteiger partial charge in [-0.15, -0.1) is 6.58 Å². The minimum atomic E-state index is -0.892. The Hall–Kier alpha value is -2.42. The molecule has 1 nitrogen and oxygen atoms in total. The second-order valence-corrected chi connectivity index (χ2v) is 8.85. The molecule has 0 unspecified atom stereocenters. The Morgan fingerprint density at radius 1 is 0.938 bits per heavy atom. The van der Waals surface area contributed by atoms with Crippen molar-refractivity contribution >= 4 is 0 Å². The zero-order valence-corrected chi connectivity index (χ0v) is 19.3. The van der Waals surface area contributed by atoms with E-state index in [0.29, 0.717) is 43.3 Å². The summed E-state index contributed by atoms with van der Waals surface area (Å²) in [6, 6.07) is 12.4. The fourth-order valence-corrected chi connectivity index (χ4v) is 4.55. The molecule has 2 aromatic carbocycles. The van der Waals surface area contributed by atoms with Crippen molar-refractivity contribution in [3.05, 3.63) is 89.5 Å². The fraction of sp³-hybridized carbons (Fsp3) is 0.448. The maximum absolute atomic E-state index is 14.3. The van der Waals surface area contributed by atoms with E-state index in [-0.39, 0.29) is 5.75 Å². The Labute approximate surface area is 192 Å². The lowest BCUT2D eigenvalue weighted by Gasteiger charge is -2.27. The normalized spacial score (nSPS) is 18.7. The van der Waals surface area contributed by atoms with Gasteiger partial charge in [0.2, 0.25) is 5.82 Å². The van der Waals surface area contributed by atoms with E-state index in [0.717, 1.165) is 6.42 Å². The van der Waals surface area contributed by atoms with Crippen molar-refractivity contribution < 1.29 is 13.5 Å². The van der Waals surface area contributed by atoms with Gasteiger partial charge in [-0.05, 0) is 86.0 Å². The van der Waals surface area contributed by atoms with Crippen LogP contribution in [0.4, 0.5) is 8.78 Å². The second kappa shape index (κ2) is 12.6. The average Bonchev–Trinajstić information content (AvgIpc) is 2.82. The predicted molar refractivity (Wildman–Crippen MR) is 129 cm³/mol. The highest BCUT2D eigenvalue weighted by Crippen LogP contribution is 2.36. The molecule has 1 aliphatic carbocycles. The molecule has 3 rings (SSSR count). The number of aryl methyl sites for hydroxylation is 2. The molecule has 0 aliphatic heterocycles. The number of hydrogen-bond acceptors (Lipinski definition) is 1. The SMILES string of the molecule is C=CCCOc1ccc(CC/C=C/C2CCC(c3ccc(CCC)cc3)CC2)c(F)c1F. The van der Waals surface area contributed by atoms with Gasteiger partial charge in [0.25, 0.3) is 0 Å². The van der Waals surface area contributed by atoms with Gasteiger partial charge in [0.05, 0.1) is 6.61 Å². The number of hydrogen-bond donors (Lipinski definition) is 0. The fourth-order valence-electron chi connectivity index (χ4n) is 4.55. The van der Waals surface area contributed by atoms with Gasteiger partial charge in [-0.25, -0.2) is 4.39 Å². The average molecular weight is 439 g/mol. The van der Waals surface area contributed by atoms with Crippen molar-refractivity contribution in [3.8, 4) is 5.75 Å². The van der Waals surface area contributed by atoms with E-state index in [1.807, 2.05) is 0 Å². The van der Waals surface area contributed by atoms with Gasteiger partial charge in [-0.1, -0.05) is 61.9 Å². The maximum Gasteiger partial charge on any atom is 0.200 e. The van der Waals surface area contributed by atoms with E-state index in [1.54, 1.807) is 12.1 Å². The van der Waals surface area contributed by atoms with E-state index in [4.69, 9.17) is 4.74 Å². The lowest BCUT2D eigenvalue weighted by molar-refractivity contribution is 0.301. The number of allylic oxidation sites excluding steroid dienone is 2. The van der Waals surface area contributed by atoms with Gasteiger partial charge in [-0.3, -0.25) is 0 Å².